The first-order chi connectivity index (χ1) is 27.5. The average molecular weight is 802 g/mol. The second-order valence-corrected chi connectivity index (χ2v) is 18.3. The lowest BCUT2D eigenvalue weighted by Gasteiger charge is -2.65. The number of halogens is 2. The Morgan fingerprint density at radius 1 is 0.931 bits per heavy atom. The number of piperidine rings is 1. The van der Waals surface area contributed by atoms with Crippen molar-refractivity contribution in [2.24, 2.45) is 22.2 Å². The smallest absolute Gasteiger partial charge is 0.262 e. The number of hydrogen-bond acceptors (Lipinski definition) is 7. The number of carbonyl (C=O) groups excluding carboxylic acids is 5. The van der Waals surface area contributed by atoms with E-state index in [1.54, 1.807) is 18.2 Å². The van der Waals surface area contributed by atoms with Crippen molar-refractivity contribution in [2.75, 3.05) is 18.0 Å². The maximum Gasteiger partial charge on any atom is 0.262 e. The monoisotopic (exact) mass is 801 g/mol. The Hall–Kier alpha value is -5.72. The van der Waals surface area contributed by atoms with Crippen molar-refractivity contribution in [1.29, 1.82) is 0 Å². The van der Waals surface area contributed by atoms with Crippen molar-refractivity contribution in [3.05, 3.63) is 98.6 Å². The fraction of sp³-hybridized carbons (Fsp3) is 0.422. The molecular weight excluding hydrogens is 761 g/mol. The van der Waals surface area contributed by atoms with E-state index in [4.69, 9.17) is 22.9 Å². The summed E-state index contributed by atoms with van der Waals surface area (Å²) in [5.41, 5.74) is 2.32. The van der Waals surface area contributed by atoms with E-state index >= 15 is 4.39 Å². The largest absolute Gasteiger partial charge is 0.489 e. The summed E-state index contributed by atoms with van der Waals surface area (Å²) in [6.07, 6.45) is 2.39. The maximum atomic E-state index is 15.6. The van der Waals surface area contributed by atoms with Gasteiger partial charge in [0.2, 0.25) is 17.5 Å². The first-order valence-electron chi connectivity index (χ1n) is 19.6. The van der Waals surface area contributed by atoms with Gasteiger partial charge in [-0.05, 0) is 79.1 Å². The van der Waals surface area contributed by atoms with Gasteiger partial charge < -0.3 is 14.5 Å². The van der Waals surface area contributed by atoms with Gasteiger partial charge >= 0.3 is 0 Å². The third kappa shape index (κ3) is 5.79. The van der Waals surface area contributed by atoms with E-state index in [-0.39, 0.29) is 69.9 Å². The lowest BCUT2D eigenvalue weighted by atomic mass is 9.49. The molecule has 1 atom stereocenters. The molecule has 1 unspecified atom stereocenters. The molecule has 2 saturated heterocycles. The topological polar surface area (TPSA) is 121 Å². The second kappa shape index (κ2) is 13.2. The zero-order valence-electron chi connectivity index (χ0n) is 32.6. The highest BCUT2D eigenvalue weighted by atomic mass is 35.5. The third-order valence-electron chi connectivity index (χ3n) is 13.4. The van der Waals surface area contributed by atoms with Gasteiger partial charge in [0.1, 0.15) is 23.7 Å². The van der Waals surface area contributed by atoms with Crippen LogP contribution in [0.15, 0.2) is 48.5 Å². The minimum Gasteiger partial charge on any atom is -0.489 e. The second-order valence-electron chi connectivity index (χ2n) is 17.9. The molecule has 296 valence electrons. The van der Waals surface area contributed by atoms with Crippen LogP contribution >= 0.6 is 11.6 Å². The van der Waals surface area contributed by atoms with Crippen LogP contribution in [-0.4, -0.2) is 70.6 Å². The lowest BCUT2D eigenvalue weighted by Crippen LogP contribution is -2.74. The molecule has 5 amide bonds. The van der Waals surface area contributed by atoms with Crippen LogP contribution in [0.1, 0.15) is 102 Å². The van der Waals surface area contributed by atoms with E-state index in [1.165, 1.54) is 6.07 Å². The molecule has 2 aliphatic carbocycles. The van der Waals surface area contributed by atoms with Crippen LogP contribution in [0.2, 0.25) is 5.02 Å². The number of fused-ring (bicyclic) bond motifs is 2. The number of anilines is 1. The maximum absolute atomic E-state index is 15.6. The number of amides is 5. The Bertz CT molecular complexity index is 2480. The number of nitrogens with one attached hydrogen (secondary N) is 1. The van der Waals surface area contributed by atoms with E-state index in [0.717, 1.165) is 41.4 Å². The number of ether oxygens (including phenoxy) is 1. The minimum absolute atomic E-state index is 0.00213. The number of nitrogens with zero attached hydrogens (tertiary/aromatic N) is 4. The molecule has 4 aliphatic heterocycles. The molecule has 6 aliphatic rings. The number of hydrogen-bond donors (Lipinski definition) is 1. The first-order valence-corrected chi connectivity index (χ1v) is 20.0. The molecule has 13 heteroatoms. The highest BCUT2D eigenvalue weighted by Gasteiger charge is 2.67. The summed E-state index contributed by atoms with van der Waals surface area (Å²) in [7, 11) is 0. The van der Waals surface area contributed by atoms with Gasteiger partial charge in [-0.3, -0.25) is 34.2 Å². The average Bonchev–Trinajstić information content (AvgIpc) is 3.80. The molecule has 0 radical (unpaired) electrons. The SMILES string of the molecule is [C-]#[N+]c1ccc(OC2C(C)(C)C(N3Cc4cc(C#CC5CC6(CCN(c7cc8c(cc7F)C(=O)N(C7CCC(=O)NC7=O)C8=O)C6)C5)ccc4C3=O)C2(C)C)cc1Cl. The summed E-state index contributed by atoms with van der Waals surface area (Å²) in [4.78, 5) is 72.6. The normalized spacial score (nSPS) is 25.1. The Morgan fingerprint density at radius 3 is 2.34 bits per heavy atom. The first kappa shape index (κ1) is 37.8. The Balaban J connectivity index is 0.832. The number of benzene rings is 3. The van der Waals surface area contributed by atoms with E-state index in [1.807, 2.05) is 28.0 Å². The Labute approximate surface area is 340 Å². The van der Waals surface area contributed by atoms with Crippen molar-refractivity contribution in [3.63, 3.8) is 0 Å². The van der Waals surface area contributed by atoms with Gasteiger partial charge in [0.05, 0.1) is 28.4 Å². The van der Waals surface area contributed by atoms with Crippen LogP contribution in [-0.2, 0) is 16.1 Å². The molecule has 0 bridgehead atoms. The number of rotatable bonds is 5. The van der Waals surface area contributed by atoms with Crippen LogP contribution < -0.4 is 15.0 Å². The molecule has 4 heterocycles. The molecule has 11 nitrogen and oxygen atoms in total. The van der Waals surface area contributed by atoms with Crippen molar-refractivity contribution < 1.29 is 33.1 Å². The number of carbonyl (C=O) groups is 5. The van der Waals surface area contributed by atoms with Gasteiger partial charge in [0.15, 0.2) is 0 Å². The minimum atomic E-state index is -1.11. The summed E-state index contributed by atoms with van der Waals surface area (Å²) in [5.74, 6) is 4.39. The van der Waals surface area contributed by atoms with E-state index in [2.05, 4.69) is 49.7 Å². The van der Waals surface area contributed by atoms with Crippen molar-refractivity contribution in [1.82, 2.24) is 15.1 Å². The standard InChI is InChI=1S/C45H41ClFN5O6/c1-43(2)41(44(3,4)42(43)58-27-9-11-33(48-5)31(46)17-27)51-22-26-16-24(8-10-28(26)38(51)55)6-7-25-20-45(21-25)14-15-50(23-45)35-19-30-29(18-32(35)47)39(56)52(40(30)57)34-12-13-36(53)49-37(34)54/h8-11,16-19,25,34,41-42H,12-15,20-23H2,1-4H3,(H,49,53,54). The van der Waals surface area contributed by atoms with E-state index in [9.17, 15) is 24.0 Å². The molecule has 1 N–H and O–H groups in total. The molecule has 0 aromatic heterocycles. The highest BCUT2D eigenvalue weighted by Crippen LogP contribution is 2.59. The van der Waals surface area contributed by atoms with Crippen LogP contribution in [0.3, 0.4) is 0 Å². The molecule has 2 saturated carbocycles. The van der Waals surface area contributed by atoms with Crippen LogP contribution in [0.25, 0.3) is 4.85 Å². The zero-order chi connectivity index (χ0) is 41.1. The van der Waals surface area contributed by atoms with Gasteiger partial charge in [-0.25, -0.2) is 9.24 Å². The van der Waals surface area contributed by atoms with Crippen molar-refractivity contribution >= 4 is 52.5 Å². The Morgan fingerprint density at radius 2 is 1.66 bits per heavy atom. The molecule has 1 spiro atoms. The van der Waals surface area contributed by atoms with Crippen molar-refractivity contribution in [2.45, 2.75) is 84.5 Å². The van der Waals surface area contributed by atoms with Crippen LogP contribution in [0.4, 0.5) is 15.8 Å². The van der Waals surface area contributed by atoms with Gasteiger partial charge in [-0.15, -0.1) is 0 Å². The number of imide groups is 2. The molecule has 3 aromatic carbocycles. The van der Waals surface area contributed by atoms with Crippen molar-refractivity contribution in [3.8, 4) is 17.6 Å². The summed E-state index contributed by atoms with van der Waals surface area (Å²) >= 11 is 6.29. The third-order valence-corrected chi connectivity index (χ3v) is 13.7. The summed E-state index contributed by atoms with van der Waals surface area (Å²) < 4.78 is 22.0. The lowest BCUT2D eigenvalue weighted by molar-refractivity contribution is -0.199. The zero-order valence-corrected chi connectivity index (χ0v) is 33.3. The van der Waals surface area contributed by atoms with E-state index in [0.29, 0.717) is 41.7 Å². The molecule has 3 aromatic rings. The summed E-state index contributed by atoms with van der Waals surface area (Å²) in [6.45, 7) is 17.4. The fourth-order valence-corrected chi connectivity index (χ4v) is 11.3. The predicted octanol–water partition coefficient (Wildman–Crippen LogP) is 6.93. The quantitative estimate of drug-likeness (QED) is 0.169. The molecule has 9 rings (SSSR count). The predicted molar refractivity (Wildman–Crippen MR) is 212 cm³/mol. The Kier molecular flexibility index (Phi) is 8.58. The molecule has 58 heavy (non-hydrogen) atoms. The van der Waals surface area contributed by atoms with Gasteiger partial charge in [-0.1, -0.05) is 57.2 Å². The van der Waals surface area contributed by atoms with Gasteiger partial charge in [0, 0.05) is 60.0 Å². The molecular formula is C45H41ClFN5O6. The highest BCUT2D eigenvalue weighted by molar-refractivity contribution is 6.33. The van der Waals surface area contributed by atoms with Gasteiger partial charge in [0.25, 0.3) is 17.7 Å². The van der Waals surface area contributed by atoms with Crippen LogP contribution in [0.5, 0.6) is 5.75 Å². The fourth-order valence-electron chi connectivity index (χ4n) is 11.1. The summed E-state index contributed by atoms with van der Waals surface area (Å²) in [6, 6.07) is 12.2. The van der Waals surface area contributed by atoms with Crippen LogP contribution in [0, 0.1) is 46.4 Å². The summed E-state index contributed by atoms with van der Waals surface area (Å²) in [5, 5.41) is 2.52. The molecule has 4 fully saturated rings. The van der Waals surface area contributed by atoms with E-state index < -0.39 is 35.5 Å². The van der Waals surface area contributed by atoms with Gasteiger partial charge in [-0.2, -0.15) is 0 Å².